The van der Waals surface area contributed by atoms with Crippen LogP contribution in [0.1, 0.15) is 13.8 Å². The van der Waals surface area contributed by atoms with Crippen LogP contribution in [0.25, 0.3) is 0 Å². The SMILES string of the molecule is CC(C)Oc1cncc(N2CCN(C3CNC3)CC2)n1. The van der Waals surface area contributed by atoms with E-state index < -0.39 is 0 Å². The molecule has 1 N–H and O–H groups in total. The molecule has 0 aliphatic carbocycles. The Labute approximate surface area is 120 Å². The van der Waals surface area contributed by atoms with E-state index in [1.807, 2.05) is 20.0 Å². The Bertz CT molecular complexity index is 441. The van der Waals surface area contributed by atoms with Crippen molar-refractivity contribution >= 4 is 5.82 Å². The fourth-order valence-corrected chi connectivity index (χ4v) is 2.64. The summed E-state index contributed by atoms with van der Waals surface area (Å²) in [5, 5.41) is 3.33. The summed E-state index contributed by atoms with van der Waals surface area (Å²) < 4.78 is 5.61. The zero-order valence-corrected chi connectivity index (χ0v) is 12.2. The van der Waals surface area contributed by atoms with Crippen LogP contribution in [0.3, 0.4) is 0 Å². The molecule has 0 bridgehead atoms. The van der Waals surface area contributed by atoms with Crippen molar-refractivity contribution in [2.75, 3.05) is 44.2 Å². The van der Waals surface area contributed by atoms with Gasteiger partial charge in [0.2, 0.25) is 5.88 Å². The summed E-state index contributed by atoms with van der Waals surface area (Å²) in [5.74, 6) is 1.54. The fourth-order valence-electron chi connectivity index (χ4n) is 2.64. The maximum atomic E-state index is 5.61. The van der Waals surface area contributed by atoms with Crippen molar-refractivity contribution < 1.29 is 4.74 Å². The van der Waals surface area contributed by atoms with Crippen molar-refractivity contribution in [1.29, 1.82) is 0 Å². The van der Waals surface area contributed by atoms with Crippen LogP contribution in [0.15, 0.2) is 12.4 Å². The highest BCUT2D eigenvalue weighted by atomic mass is 16.5. The standard InChI is InChI=1S/C14H23N5O/c1-11(2)20-14-10-16-9-13(17-14)19-5-3-18(4-6-19)12-7-15-8-12/h9-12,15H,3-8H2,1-2H3. The minimum absolute atomic E-state index is 0.127. The number of nitrogens with zero attached hydrogens (tertiary/aromatic N) is 4. The van der Waals surface area contributed by atoms with Gasteiger partial charge in [-0.3, -0.25) is 9.88 Å². The van der Waals surface area contributed by atoms with Crippen molar-refractivity contribution in [3.8, 4) is 5.88 Å². The third-order valence-electron chi connectivity index (χ3n) is 3.87. The third kappa shape index (κ3) is 3.02. The molecule has 1 aromatic rings. The van der Waals surface area contributed by atoms with Gasteiger partial charge in [-0.25, -0.2) is 0 Å². The van der Waals surface area contributed by atoms with Crippen LogP contribution in [-0.2, 0) is 0 Å². The molecule has 0 aromatic carbocycles. The van der Waals surface area contributed by atoms with E-state index in [1.54, 1.807) is 6.20 Å². The number of hydrogen-bond acceptors (Lipinski definition) is 6. The van der Waals surface area contributed by atoms with Crippen LogP contribution >= 0.6 is 0 Å². The summed E-state index contributed by atoms with van der Waals surface area (Å²) in [4.78, 5) is 13.7. The molecule has 2 aliphatic heterocycles. The molecule has 3 rings (SSSR count). The van der Waals surface area contributed by atoms with Crippen LogP contribution in [0, 0.1) is 0 Å². The van der Waals surface area contributed by atoms with E-state index in [4.69, 9.17) is 4.74 Å². The maximum absolute atomic E-state index is 5.61. The van der Waals surface area contributed by atoms with Crippen molar-refractivity contribution in [3.63, 3.8) is 0 Å². The highest BCUT2D eigenvalue weighted by Crippen LogP contribution is 2.18. The fraction of sp³-hybridized carbons (Fsp3) is 0.714. The topological polar surface area (TPSA) is 53.5 Å². The Morgan fingerprint density at radius 3 is 2.55 bits per heavy atom. The van der Waals surface area contributed by atoms with Gasteiger partial charge in [0.15, 0.2) is 5.82 Å². The molecular weight excluding hydrogens is 254 g/mol. The lowest BCUT2D eigenvalue weighted by Gasteiger charge is -2.43. The first-order chi connectivity index (χ1) is 9.72. The van der Waals surface area contributed by atoms with E-state index in [1.165, 1.54) is 0 Å². The van der Waals surface area contributed by atoms with Gasteiger partial charge >= 0.3 is 0 Å². The quantitative estimate of drug-likeness (QED) is 0.857. The molecule has 2 aliphatic rings. The van der Waals surface area contributed by atoms with E-state index in [-0.39, 0.29) is 6.10 Å². The molecule has 0 radical (unpaired) electrons. The number of aromatic nitrogens is 2. The second-order valence-corrected chi connectivity index (χ2v) is 5.72. The maximum Gasteiger partial charge on any atom is 0.234 e. The molecular formula is C14H23N5O. The zero-order valence-electron chi connectivity index (χ0n) is 12.2. The molecule has 0 unspecified atom stereocenters. The second-order valence-electron chi connectivity index (χ2n) is 5.72. The average Bonchev–Trinajstić information content (AvgIpc) is 2.37. The first-order valence-corrected chi connectivity index (χ1v) is 7.41. The summed E-state index contributed by atoms with van der Waals surface area (Å²) in [6.45, 7) is 10.5. The summed E-state index contributed by atoms with van der Waals surface area (Å²) >= 11 is 0. The number of piperazine rings is 1. The molecule has 2 fully saturated rings. The van der Waals surface area contributed by atoms with Crippen LogP contribution in [0.5, 0.6) is 5.88 Å². The predicted octanol–water partition coefficient (Wildman–Crippen LogP) is 0.358. The van der Waals surface area contributed by atoms with E-state index >= 15 is 0 Å². The first kappa shape index (κ1) is 13.6. The lowest BCUT2D eigenvalue weighted by molar-refractivity contribution is 0.137. The number of hydrogen-bond donors (Lipinski definition) is 1. The van der Waals surface area contributed by atoms with Gasteiger partial charge in [-0.1, -0.05) is 0 Å². The largest absolute Gasteiger partial charge is 0.474 e. The molecule has 6 nitrogen and oxygen atoms in total. The highest BCUT2D eigenvalue weighted by Gasteiger charge is 2.28. The Kier molecular flexibility index (Phi) is 4.03. The summed E-state index contributed by atoms with van der Waals surface area (Å²) in [7, 11) is 0. The molecule has 3 heterocycles. The molecule has 0 amide bonds. The predicted molar refractivity (Wildman–Crippen MR) is 78.2 cm³/mol. The van der Waals surface area contributed by atoms with Gasteiger partial charge < -0.3 is 15.0 Å². The summed E-state index contributed by atoms with van der Waals surface area (Å²) in [6, 6.07) is 0.735. The van der Waals surface area contributed by atoms with Gasteiger partial charge in [0.25, 0.3) is 0 Å². The number of ether oxygens (including phenoxy) is 1. The van der Waals surface area contributed by atoms with Crippen molar-refractivity contribution in [3.05, 3.63) is 12.4 Å². The summed E-state index contributed by atoms with van der Waals surface area (Å²) in [6.07, 6.45) is 3.63. The Morgan fingerprint density at radius 2 is 1.95 bits per heavy atom. The van der Waals surface area contributed by atoms with Crippen LogP contribution in [0.2, 0.25) is 0 Å². The van der Waals surface area contributed by atoms with Gasteiger partial charge in [0.05, 0.1) is 18.5 Å². The van der Waals surface area contributed by atoms with Crippen molar-refractivity contribution in [2.24, 2.45) is 0 Å². The van der Waals surface area contributed by atoms with Gasteiger partial charge in [-0.2, -0.15) is 4.98 Å². The Balaban J connectivity index is 1.59. The van der Waals surface area contributed by atoms with Gasteiger partial charge in [-0.15, -0.1) is 0 Å². The van der Waals surface area contributed by atoms with Crippen LogP contribution < -0.4 is 15.0 Å². The molecule has 0 atom stereocenters. The lowest BCUT2D eigenvalue weighted by Crippen LogP contribution is -2.61. The van der Waals surface area contributed by atoms with Crippen LogP contribution in [0.4, 0.5) is 5.82 Å². The lowest BCUT2D eigenvalue weighted by atomic mass is 10.1. The van der Waals surface area contributed by atoms with Crippen molar-refractivity contribution in [1.82, 2.24) is 20.2 Å². The van der Waals surface area contributed by atoms with Crippen molar-refractivity contribution in [2.45, 2.75) is 26.0 Å². The number of rotatable bonds is 4. The minimum Gasteiger partial charge on any atom is -0.474 e. The number of nitrogens with one attached hydrogen (secondary N) is 1. The van der Waals surface area contributed by atoms with Gasteiger partial charge in [0, 0.05) is 45.3 Å². The average molecular weight is 277 g/mol. The molecule has 110 valence electrons. The number of anilines is 1. The Morgan fingerprint density at radius 1 is 1.20 bits per heavy atom. The normalized spacial score (nSPS) is 21.1. The monoisotopic (exact) mass is 277 g/mol. The first-order valence-electron chi connectivity index (χ1n) is 7.41. The van der Waals surface area contributed by atoms with Gasteiger partial charge in [-0.05, 0) is 13.8 Å². The van der Waals surface area contributed by atoms with E-state index in [9.17, 15) is 0 Å². The molecule has 6 heteroatoms. The molecule has 2 saturated heterocycles. The third-order valence-corrected chi connectivity index (χ3v) is 3.87. The molecule has 20 heavy (non-hydrogen) atoms. The van der Waals surface area contributed by atoms with E-state index in [0.717, 1.165) is 51.1 Å². The smallest absolute Gasteiger partial charge is 0.234 e. The Hall–Kier alpha value is -1.40. The zero-order chi connectivity index (χ0) is 13.9. The minimum atomic E-state index is 0.127. The van der Waals surface area contributed by atoms with E-state index in [2.05, 4.69) is 25.1 Å². The highest BCUT2D eigenvalue weighted by molar-refractivity contribution is 5.38. The van der Waals surface area contributed by atoms with E-state index in [0.29, 0.717) is 5.88 Å². The second kappa shape index (κ2) is 5.93. The molecule has 1 aromatic heterocycles. The molecule has 0 spiro atoms. The summed E-state index contributed by atoms with van der Waals surface area (Å²) in [5.41, 5.74) is 0. The van der Waals surface area contributed by atoms with Gasteiger partial charge in [0.1, 0.15) is 0 Å². The van der Waals surface area contributed by atoms with Crippen LogP contribution in [-0.4, -0.2) is 66.3 Å². The molecule has 0 saturated carbocycles.